The Morgan fingerprint density at radius 3 is 1.92 bits per heavy atom. The van der Waals surface area contributed by atoms with Gasteiger partial charge in [0.1, 0.15) is 11.5 Å². The van der Waals surface area contributed by atoms with Gasteiger partial charge in [-0.2, -0.15) is 0 Å². The molecule has 0 saturated carbocycles. The molecule has 0 saturated heterocycles. The Balaban J connectivity index is 3.36. The lowest BCUT2D eigenvalue weighted by Crippen LogP contribution is -1.88. The van der Waals surface area contributed by atoms with Crippen LogP contribution in [0.2, 0.25) is 10.0 Å². The van der Waals surface area contributed by atoms with Crippen molar-refractivity contribution in [3.63, 3.8) is 0 Å². The standard InChI is InChI=1S/C8H8Cl2O2/c1-11-7-4-8(12-2)6(10)3-5(7)9/h3-4H,1-2H3/i3D. The molecule has 1 aromatic carbocycles. The second kappa shape index (κ2) is 3.87. The molecule has 0 spiro atoms. The van der Waals surface area contributed by atoms with Crippen molar-refractivity contribution in [3.05, 3.63) is 22.2 Å². The summed E-state index contributed by atoms with van der Waals surface area (Å²) in [5.41, 5.74) is 0. The predicted octanol–water partition coefficient (Wildman–Crippen LogP) is 3.01. The number of ether oxygens (including phenoxy) is 2. The Bertz CT molecular complexity index is 300. The van der Waals surface area contributed by atoms with Gasteiger partial charge in [0.2, 0.25) is 0 Å². The van der Waals surface area contributed by atoms with E-state index in [-0.39, 0.29) is 16.1 Å². The lowest BCUT2D eigenvalue weighted by Gasteiger charge is -2.07. The highest BCUT2D eigenvalue weighted by Crippen LogP contribution is 2.35. The number of benzene rings is 1. The minimum absolute atomic E-state index is 0.0135. The molecule has 0 radical (unpaired) electrons. The zero-order valence-corrected chi connectivity index (χ0v) is 8.16. The van der Waals surface area contributed by atoms with Gasteiger partial charge in [-0.25, -0.2) is 0 Å². The van der Waals surface area contributed by atoms with E-state index in [1.165, 1.54) is 14.2 Å². The summed E-state index contributed by atoms with van der Waals surface area (Å²) in [6.07, 6.45) is 0. The van der Waals surface area contributed by atoms with Gasteiger partial charge in [0.25, 0.3) is 0 Å². The Labute approximate surface area is 82.4 Å². The van der Waals surface area contributed by atoms with Crippen LogP contribution in [0.1, 0.15) is 1.37 Å². The van der Waals surface area contributed by atoms with E-state index in [9.17, 15) is 0 Å². The summed E-state index contributed by atoms with van der Waals surface area (Å²) in [6.45, 7) is 0. The predicted molar refractivity (Wildman–Crippen MR) is 49.6 cm³/mol. The summed E-state index contributed by atoms with van der Waals surface area (Å²) >= 11 is 11.6. The van der Waals surface area contributed by atoms with E-state index >= 15 is 0 Å². The molecule has 0 amide bonds. The van der Waals surface area contributed by atoms with Crippen molar-refractivity contribution in [1.29, 1.82) is 0 Å². The van der Waals surface area contributed by atoms with Crippen molar-refractivity contribution in [1.82, 2.24) is 0 Å². The van der Waals surface area contributed by atoms with E-state index in [0.29, 0.717) is 11.5 Å². The monoisotopic (exact) mass is 207 g/mol. The fourth-order valence-electron chi connectivity index (χ4n) is 0.762. The number of rotatable bonds is 2. The van der Waals surface area contributed by atoms with Crippen LogP contribution in [0.3, 0.4) is 0 Å². The van der Waals surface area contributed by atoms with Gasteiger partial charge in [0, 0.05) is 6.07 Å². The van der Waals surface area contributed by atoms with E-state index < -0.39 is 0 Å². The van der Waals surface area contributed by atoms with Gasteiger partial charge in [-0.3, -0.25) is 0 Å². The highest BCUT2D eigenvalue weighted by Gasteiger charge is 2.06. The van der Waals surface area contributed by atoms with Crippen LogP contribution in [0.4, 0.5) is 0 Å². The zero-order valence-electron chi connectivity index (χ0n) is 7.65. The smallest absolute Gasteiger partial charge is 0.141 e. The van der Waals surface area contributed by atoms with Crippen LogP contribution in [0.5, 0.6) is 11.5 Å². The molecule has 0 bridgehead atoms. The molecule has 1 rings (SSSR count). The summed E-state index contributed by atoms with van der Waals surface area (Å²) in [6, 6.07) is 1.56. The Morgan fingerprint density at radius 2 is 1.58 bits per heavy atom. The minimum atomic E-state index is 0.0135. The molecule has 0 aliphatic heterocycles. The van der Waals surface area contributed by atoms with E-state index in [2.05, 4.69) is 0 Å². The summed E-state index contributed by atoms with van der Waals surface area (Å²) in [5, 5.41) is 0.376. The van der Waals surface area contributed by atoms with Gasteiger partial charge in [0.05, 0.1) is 25.6 Å². The topological polar surface area (TPSA) is 18.5 Å². The van der Waals surface area contributed by atoms with Gasteiger partial charge < -0.3 is 9.47 Å². The van der Waals surface area contributed by atoms with Crippen LogP contribution in [-0.4, -0.2) is 14.2 Å². The summed E-state index contributed by atoms with van der Waals surface area (Å²) in [5.74, 6) is 0.765. The second-order valence-electron chi connectivity index (χ2n) is 2.03. The van der Waals surface area contributed by atoms with Gasteiger partial charge in [-0.1, -0.05) is 23.2 Å². The summed E-state index contributed by atoms with van der Waals surface area (Å²) < 4.78 is 17.4. The van der Waals surface area contributed by atoms with Crippen LogP contribution in [0, 0.1) is 0 Å². The average Bonchev–Trinajstić information content (AvgIpc) is 2.15. The normalized spacial score (nSPS) is 10.8. The summed E-state index contributed by atoms with van der Waals surface area (Å²) in [7, 11) is 2.93. The van der Waals surface area contributed by atoms with Crippen LogP contribution in [-0.2, 0) is 0 Å². The third kappa shape index (κ3) is 1.76. The molecular formula is C8H8Cl2O2. The van der Waals surface area contributed by atoms with E-state index in [4.69, 9.17) is 34.0 Å². The first kappa shape index (κ1) is 8.02. The molecule has 0 heterocycles. The van der Waals surface area contributed by atoms with Crippen LogP contribution in [0.15, 0.2) is 12.1 Å². The fourth-order valence-corrected chi connectivity index (χ4v) is 1.26. The summed E-state index contributed by atoms with van der Waals surface area (Å²) in [4.78, 5) is 0. The lowest BCUT2D eigenvalue weighted by molar-refractivity contribution is 0.394. The molecule has 1 aromatic rings. The molecule has 0 N–H and O–H groups in total. The van der Waals surface area contributed by atoms with Crippen molar-refractivity contribution in [2.24, 2.45) is 0 Å². The van der Waals surface area contributed by atoms with Crippen molar-refractivity contribution in [2.75, 3.05) is 14.2 Å². The first-order valence-electron chi connectivity index (χ1n) is 3.68. The molecular weight excluding hydrogens is 199 g/mol. The van der Waals surface area contributed by atoms with Crippen LogP contribution in [0.25, 0.3) is 0 Å². The van der Waals surface area contributed by atoms with Gasteiger partial charge >= 0.3 is 0 Å². The van der Waals surface area contributed by atoms with E-state index in [1.807, 2.05) is 0 Å². The quantitative estimate of drug-likeness (QED) is 0.743. The molecule has 0 aliphatic rings. The van der Waals surface area contributed by atoms with E-state index in [0.717, 1.165) is 0 Å². The molecule has 0 aromatic heterocycles. The highest BCUT2D eigenvalue weighted by molar-refractivity contribution is 6.36. The molecule has 0 unspecified atom stereocenters. The van der Waals surface area contributed by atoms with Gasteiger partial charge in [0.15, 0.2) is 0 Å². The van der Waals surface area contributed by atoms with Crippen molar-refractivity contribution < 1.29 is 10.8 Å². The lowest BCUT2D eigenvalue weighted by atomic mass is 10.3. The Hall–Kier alpha value is -0.600. The third-order valence-electron chi connectivity index (χ3n) is 1.35. The number of hydrogen-bond acceptors (Lipinski definition) is 2. The maximum Gasteiger partial charge on any atom is 0.141 e. The number of hydrogen-bond donors (Lipinski definition) is 0. The maximum absolute atomic E-state index is 7.51. The Morgan fingerprint density at radius 1 is 1.17 bits per heavy atom. The largest absolute Gasteiger partial charge is 0.495 e. The van der Waals surface area contributed by atoms with E-state index in [1.54, 1.807) is 6.07 Å². The molecule has 4 heteroatoms. The molecule has 66 valence electrons. The minimum Gasteiger partial charge on any atom is -0.495 e. The van der Waals surface area contributed by atoms with Crippen molar-refractivity contribution in [2.45, 2.75) is 0 Å². The highest BCUT2D eigenvalue weighted by atomic mass is 35.5. The average molecular weight is 208 g/mol. The number of methoxy groups -OCH3 is 2. The second-order valence-corrected chi connectivity index (χ2v) is 2.79. The zero-order chi connectivity index (χ0) is 10.0. The fraction of sp³-hybridized carbons (Fsp3) is 0.250. The van der Waals surface area contributed by atoms with Crippen LogP contribution >= 0.6 is 23.2 Å². The van der Waals surface area contributed by atoms with Crippen molar-refractivity contribution >= 4 is 23.2 Å². The van der Waals surface area contributed by atoms with Gasteiger partial charge in [-0.05, 0) is 6.04 Å². The molecule has 0 atom stereocenters. The molecule has 0 aliphatic carbocycles. The first-order valence-corrected chi connectivity index (χ1v) is 3.94. The van der Waals surface area contributed by atoms with Crippen molar-refractivity contribution in [3.8, 4) is 11.5 Å². The SMILES string of the molecule is [2H]c1c(Cl)c(OC)cc(OC)c1Cl. The third-order valence-corrected chi connectivity index (χ3v) is 1.92. The van der Waals surface area contributed by atoms with Crippen LogP contribution < -0.4 is 9.47 Å². The molecule has 2 nitrogen and oxygen atoms in total. The Kier molecular flexibility index (Phi) is 2.59. The molecule has 12 heavy (non-hydrogen) atoms. The van der Waals surface area contributed by atoms with Gasteiger partial charge in [-0.15, -0.1) is 0 Å². The number of halogens is 2. The first-order chi connectivity index (χ1) is 6.11. The maximum atomic E-state index is 7.51. The molecule has 0 fully saturated rings.